The lowest BCUT2D eigenvalue weighted by Crippen LogP contribution is -2.16. The number of hydrogen-bond donors (Lipinski definition) is 0. The molecule has 2 aromatic carbocycles. The van der Waals surface area contributed by atoms with Crippen LogP contribution in [-0.4, -0.2) is 33.1 Å². The molecule has 31 heavy (non-hydrogen) atoms. The van der Waals surface area contributed by atoms with E-state index in [1.54, 1.807) is 10.7 Å². The van der Waals surface area contributed by atoms with E-state index in [0.717, 1.165) is 23.8 Å². The molecule has 4 aromatic rings. The lowest BCUT2D eigenvalue weighted by molar-refractivity contribution is 0.0475. The van der Waals surface area contributed by atoms with Crippen LogP contribution < -0.4 is 0 Å². The monoisotopic (exact) mass is 421 g/mol. The fraction of sp³-hybridized carbons (Fsp3) is 0.130. The van der Waals surface area contributed by atoms with Gasteiger partial charge in [0.15, 0.2) is 12.3 Å². The van der Waals surface area contributed by atoms with Crippen LogP contribution in [0.5, 0.6) is 0 Å². The first-order valence-electron chi connectivity index (χ1n) is 9.55. The standard InChI is InChI=1S/C23H17F2N3O3/c1-2-28-22-18(12-26-28)16(11-20(27-22)14-6-4-3-5-7-14)23(30)31-13-21(29)17-10-15(24)8-9-19(17)25/h3-12H,2,13H2,1H3. The van der Waals surface area contributed by atoms with E-state index in [1.807, 2.05) is 37.3 Å². The zero-order chi connectivity index (χ0) is 22.0. The van der Waals surface area contributed by atoms with Crippen LogP contribution in [0.4, 0.5) is 8.78 Å². The summed E-state index contributed by atoms with van der Waals surface area (Å²) in [4.78, 5) is 29.7. The molecule has 8 heteroatoms. The Kier molecular flexibility index (Phi) is 5.53. The van der Waals surface area contributed by atoms with Crippen molar-refractivity contribution >= 4 is 22.8 Å². The fourth-order valence-electron chi connectivity index (χ4n) is 3.20. The van der Waals surface area contributed by atoms with Gasteiger partial charge in [-0.2, -0.15) is 5.10 Å². The van der Waals surface area contributed by atoms with Crippen molar-refractivity contribution in [2.45, 2.75) is 13.5 Å². The van der Waals surface area contributed by atoms with E-state index in [2.05, 4.69) is 10.1 Å². The Morgan fingerprint density at radius 2 is 1.81 bits per heavy atom. The van der Waals surface area contributed by atoms with Gasteiger partial charge < -0.3 is 4.74 Å². The van der Waals surface area contributed by atoms with Crippen molar-refractivity contribution in [1.29, 1.82) is 0 Å². The Balaban J connectivity index is 1.66. The minimum absolute atomic E-state index is 0.177. The molecule has 6 nitrogen and oxygen atoms in total. The van der Waals surface area contributed by atoms with Gasteiger partial charge in [-0.1, -0.05) is 30.3 Å². The van der Waals surface area contributed by atoms with Crippen LogP contribution in [0, 0.1) is 11.6 Å². The molecule has 0 saturated carbocycles. The Morgan fingerprint density at radius 3 is 2.55 bits per heavy atom. The molecule has 4 rings (SSSR count). The SMILES string of the molecule is CCn1ncc2c(C(=O)OCC(=O)c3cc(F)ccc3F)cc(-c3ccccc3)nc21. The molecule has 0 radical (unpaired) electrons. The number of pyridine rings is 1. The Bertz CT molecular complexity index is 1290. The summed E-state index contributed by atoms with van der Waals surface area (Å²) in [6.07, 6.45) is 1.51. The maximum absolute atomic E-state index is 13.8. The molecule has 0 amide bonds. The van der Waals surface area contributed by atoms with Crippen LogP contribution in [0.3, 0.4) is 0 Å². The summed E-state index contributed by atoms with van der Waals surface area (Å²) < 4.78 is 33.9. The number of fused-ring (bicyclic) bond motifs is 1. The average Bonchev–Trinajstić information content (AvgIpc) is 3.22. The van der Waals surface area contributed by atoms with Gasteiger partial charge in [-0.15, -0.1) is 0 Å². The molecular formula is C23H17F2N3O3. The van der Waals surface area contributed by atoms with Gasteiger partial charge in [0.25, 0.3) is 0 Å². The van der Waals surface area contributed by atoms with Gasteiger partial charge in [-0.3, -0.25) is 4.79 Å². The smallest absolute Gasteiger partial charge is 0.339 e. The quantitative estimate of drug-likeness (QED) is 0.340. The number of rotatable bonds is 6. The molecule has 0 unspecified atom stereocenters. The number of ketones is 1. The number of benzene rings is 2. The van der Waals surface area contributed by atoms with Crippen molar-refractivity contribution in [3.8, 4) is 11.3 Å². The van der Waals surface area contributed by atoms with Crippen LogP contribution in [-0.2, 0) is 11.3 Å². The van der Waals surface area contributed by atoms with Gasteiger partial charge >= 0.3 is 5.97 Å². The number of aryl methyl sites for hydroxylation is 1. The first kappa shape index (κ1) is 20.3. The molecule has 0 spiro atoms. The second-order valence-corrected chi connectivity index (χ2v) is 6.74. The maximum Gasteiger partial charge on any atom is 0.339 e. The van der Waals surface area contributed by atoms with Crippen molar-refractivity contribution in [3.63, 3.8) is 0 Å². The minimum atomic E-state index is -0.885. The number of aromatic nitrogens is 3. The number of nitrogens with zero attached hydrogens (tertiary/aromatic N) is 3. The Labute approximate surface area is 176 Å². The third kappa shape index (κ3) is 4.05. The van der Waals surface area contributed by atoms with Crippen LogP contribution in [0.1, 0.15) is 27.6 Å². The summed E-state index contributed by atoms with van der Waals surface area (Å²) >= 11 is 0. The molecule has 2 aromatic heterocycles. The molecule has 156 valence electrons. The summed E-state index contributed by atoms with van der Waals surface area (Å²) in [6, 6.07) is 13.4. The summed E-state index contributed by atoms with van der Waals surface area (Å²) in [5, 5.41) is 4.71. The Morgan fingerprint density at radius 1 is 1.03 bits per heavy atom. The van der Waals surface area contributed by atoms with E-state index < -0.39 is 35.6 Å². The first-order valence-corrected chi connectivity index (χ1v) is 9.55. The zero-order valence-electron chi connectivity index (χ0n) is 16.5. The number of halogens is 2. The predicted molar refractivity (Wildman–Crippen MR) is 110 cm³/mol. The molecule has 0 atom stereocenters. The van der Waals surface area contributed by atoms with E-state index in [1.165, 1.54) is 6.20 Å². The van der Waals surface area contributed by atoms with Crippen LogP contribution in [0.15, 0.2) is 60.8 Å². The fourth-order valence-corrected chi connectivity index (χ4v) is 3.20. The lowest BCUT2D eigenvalue weighted by atomic mass is 10.1. The summed E-state index contributed by atoms with van der Waals surface area (Å²) in [7, 11) is 0. The van der Waals surface area contributed by atoms with Crippen molar-refractivity contribution in [3.05, 3.63) is 83.6 Å². The van der Waals surface area contributed by atoms with Gasteiger partial charge in [-0.05, 0) is 31.2 Å². The van der Waals surface area contributed by atoms with Gasteiger partial charge in [0.2, 0.25) is 5.78 Å². The van der Waals surface area contributed by atoms with Crippen molar-refractivity contribution in [2.24, 2.45) is 0 Å². The first-order chi connectivity index (χ1) is 15.0. The van der Waals surface area contributed by atoms with E-state index in [-0.39, 0.29) is 5.56 Å². The number of esters is 1. The van der Waals surface area contributed by atoms with Crippen LogP contribution in [0.2, 0.25) is 0 Å². The summed E-state index contributed by atoms with van der Waals surface area (Å²) in [6.45, 7) is 1.71. The third-order valence-electron chi connectivity index (χ3n) is 4.76. The lowest BCUT2D eigenvalue weighted by Gasteiger charge is -2.09. The summed E-state index contributed by atoms with van der Waals surface area (Å²) in [5.41, 5.74) is 1.53. The average molecular weight is 421 g/mol. The number of carbonyl (C=O) groups is 2. The largest absolute Gasteiger partial charge is 0.454 e. The second-order valence-electron chi connectivity index (χ2n) is 6.74. The van der Waals surface area contributed by atoms with Crippen LogP contribution in [0.25, 0.3) is 22.3 Å². The molecule has 0 aliphatic heterocycles. The minimum Gasteiger partial charge on any atom is -0.454 e. The number of hydrogen-bond acceptors (Lipinski definition) is 5. The summed E-state index contributed by atoms with van der Waals surface area (Å²) in [5.74, 6) is -3.27. The van der Waals surface area contributed by atoms with Crippen LogP contribution >= 0.6 is 0 Å². The van der Waals surface area contributed by atoms with E-state index in [9.17, 15) is 18.4 Å². The maximum atomic E-state index is 13.8. The van der Waals surface area contributed by atoms with Gasteiger partial charge in [0.1, 0.15) is 11.6 Å². The highest BCUT2D eigenvalue weighted by Gasteiger charge is 2.20. The third-order valence-corrected chi connectivity index (χ3v) is 4.76. The van der Waals surface area contributed by atoms with E-state index in [4.69, 9.17) is 4.74 Å². The zero-order valence-corrected chi connectivity index (χ0v) is 16.5. The number of Topliss-reactive ketones (excluding diaryl/α,β-unsaturated/α-hetero) is 1. The topological polar surface area (TPSA) is 74.1 Å². The second kappa shape index (κ2) is 8.43. The van der Waals surface area contributed by atoms with E-state index in [0.29, 0.717) is 23.3 Å². The highest BCUT2D eigenvalue weighted by atomic mass is 19.1. The van der Waals surface area contributed by atoms with Gasteiger partial charge in [0, 0.05) is 12.1 Å². The van der Waals surface area contributed by atoms with Crippen molar-refractivity contribution in [1.82, 2.24) is 14.8 Å². The Hall–Kier alpha value is -3.94. The molecule has 0 saturated heterocycles. The number of ether oxygens (including phenoxy) is 1. The molecule has 0 aliphatic rings. The molecule has 0 fully saturated rings. The highest BCUT2D eigenvalue weighted by molar-refractivity contribution is 6.05. The van der Waals surface area contributed by atoms with Crippen molar-refractivity contribution in [2.75, 3.05) is 6.61 Å². The predicted octanol–water partition coefficient (Wildman–Crippen LogP) is 4.44. The van der Waals surface area contributed by atoms with E-state index >= 15 is 0 Å². The molecular weight excluding hydrogens is 404 g/mol. The van der Waals surface area contributed by atoms with Gasteiger partial charge in [-0.25, -0.2) is 23.2 Å². The van der Waals surface area contributed by atoms with Crippen molar-refractivity contribution < 1.29 is 23.1 Å². The molecule has 0 aliphatic carbocycles. The molecule has 0 N–H and O–H groups in total. The number of carbonyl (C=O) groups excluding carboxylic acids is 2. The van der Waals surface area contributed by atoms with Gasteiger partial charge in [0.05, 0.1) is 28.4 Å². The normalized spacial score (nSPS) is 10.9. The molecule has 0 bridgehead atoms. The highest BCUT2D eigenvalue weighted by Crippen LogP contribution is 2.25. The molecule has 2 heterocycles.